The summed E-state index contributed by atoms with van der Waals surface area (Å²) in [5.41, 5.74) is 2.10. The number of sulfone groups is 1. The molecule has 9 nitrogen and oxygen atoms in total. The number of ether oxygens (including phenoxy) is 2. The first kappa shape index (κ1) is 25.0. The molecule has 1 aliphatic heterocycles. The zero-order chi connectivity index (χ0) is 25.0. The van der Waals surface area contributed by atoms with Gasteiger partial charge in [0, 0.05) is 18.8 Å². The predicted molar refractivity (Wildman–Crippen MR) is 138 cm³/mol. The smallest absolute Gasteiger partial charge is 0.229 e. The maximum absolute atomic E-state index is 12.8. The Bertz CT molecular complexity index is 1300. The van der Waals surface area contributed by atoms with Gasteiger partial charge in [0.2, 0.25) is 5.95 Å². The highest BCUT2D eigenvalue weighted by Gasteiger charge is 2.23. The molecule has 4 rings (SSSR count). The highest BCUT2D eigenvalue weighted by Crippen LogP contribution is 2.34. The Labute approximate surface area is 210 Å². The molecule has 0 radical (unpaired) electrons. The average molecular weight is 518 g/mol. The molecule has 0 spiro atoms. The topological polar surface area (TPSA) is 106 Å². The van der Waals surface area contributed by atoms with E-state index in [0.29, 0.717) is 30.3 Å². The monoisotopic (exact) mass is 517 g/mol. The van der Waals surface area contributed by atoms with E-state index in [1.165, 1.54) is 6.20 Å². The minimum absolute atomic E-state index is 0.180. The standard InChI is InChI=1S/C24H28ClN5O4S/c1-16(2)35(31,32)22-7-5-4-6-19(22)27-23-18(25)15-26-24(29-23)28-20-14-17(8-9-21(20)33-3)30-10-12-34-13-11-30/h4-9,14-16H,10-13H2,1-3H3,(H2,26,27,28,29). The maximum Gasteiger partial charge on any atom is 0.229 e. The third-order valence-corrected chi connectivity index (χ3v) is 8.10. The van der Waals surface area contributed by atoms with Gasteiger partial charge >= 0.3 is 0 Å². The second-order valence-corrected chi connectivity index (χ2v) is 11.1. The summed E-state index contributed by atoms with van der Waals surface area (Å²) < 4.78 is 36.6. The molecule has 0 amide bonds. The van der Waals surface area contributed by atoms with Gasteiger partial charge in [-0.1, -0.05) is 23.7 Å². The van der Waals surface area contributed by atoms with E-state index in [0.717, 1.165) is 18.8 Å². The number of rotatable bonds is 8. The van der Waals surface area contributed by atoms with E-state index in [1.807, 2.05) is 18.2 Å². The Morgan fingerprint density at radius 3 is 2.54 bits per heavy atom. The lowest BCUT2D eigenvalue weighted by molar-refractivity contribution is 0.122. The first-order valence-electron chi connectivity index (χ1n) is 11.2. The first-order valence-corrected chi connectivity index (χ1v) is 13.1. The molecule has 1 fully saturated rings. The zero-order valence-corrected chi connectivity index (χ0v) is 21.4. The molecule has 11 heteroatoms. The van der Waals surface area contributed by atoms with Gasteiger partial charge in [0.1, 0.15) is 10.8 Å². The fourth-order valence-corrected chi connectivity index (χ4v) is 4.99. The van der Waals surface area contributed by atoms with Crippen molar-refractivity contribution in [2.45, 2.75) is 24.0 Å². The Morgan fingerprint density at radius 1 is 1.09 bits per heavy atom. The summed E-state index contributed by atoms with van der Waals surface area (Å²) in [5, 5.41) is 5.94. The lowest BCUT2D eigenvalue weighted by atomic mass is 10.2. The van der Waals surface area contributed by atoms with Crippen LogP contribution in [0.3, 0.4) is 0 Å². The summed E-state index contributed by atoms with van der Waals surface area (Å²) in [6.45, 7) is 6.25. The van der Waals surface area contributed by atoms with Crippen molar-refractivity contribution in [2.24, 2.45) is 0 Å². The van der Waals surface area contributed by atoms with Crippen molar-refractivity contribution >= 4 is 50.3 Å². The number of hydrogen-bond donors (Lipinski definition) is 2. The molecule has 2 aromatic carbocycles. The van der Waals surface area contributed by atoms with Gasteiger partial charge in [-0.15, -0.1) is 0 Å². The van der Waals surface area contributed by atoms with Crippen LogP contribution in [0.2, 0.25) is 5.02 Å². The van der Waals surface area contributed by atoms with Gasteiger partial charge in [0.05, 0.1) is 48.0 Å². The molecule has 0 atom stereocenters. The van der Waals surface area contributed by atoms with Crippen molar-refractivity contribution in [2.75, 3.05) is 48.9 Å². The Hall–Kier alpha value is -3.08. The van der Waals surface area contributed by atoms with Crippen molar-refractivity contribution in [3.05, 3.63) is 53.7 Å². The molecule has 3 aromatic rings. The van der Waals surface area contributed by atoms with Crippen molar-refractivity contribution < 1.29 is 17.9 Å². The van der Waals surface area contributed by atoms with E-state index in [-0.39, 0.29) is 21.7 Å². The van der Waals surface area contributed by atoms with Crippen LogP contribution < -0.4 is 20.3 Å². The Morgan fingerprint density at radius 2 is 1.83 bits per heavy atom. The van der Waals surface area contributed by atoms with Gasteiger partial charge in [-0.25, -0.2) is 13.4 Å². The van der Waals surface area contributed by atoms with Crippen LogP contribution in [0, 0.1) is 0 Å². The Kier molecular flexibility index (Phi) is 7.63. The number of anilines is 5. The van der Waals surface area contributed by atoms with Crippen LogP contribution >= 0.6 is 11.6 Å². The van der Waals surface area contributed by atoms with Gasteiger partial charge in [0.15, 0.2) is 15.7 Å². The third-order valence-electron chi connectivity index (χ3n) is 5.62. The minimum atomic E-state index is -3.52. The van der Waals surface area contributed by atoms with Crippen LogP contribution in [-0.4, -0.2) is 57.0 Å². The molecule has 2 heterocycles. The third kappa shape index (κ3) is 5.61. The summed E-state index contributed by atoms with van der Waals surface area (Å²) in [7, 11) is -1.92. The summed E-state index contributed by atoms with van der Waals surface area (Å²) in [6.07, 6.45) is 1.46. The van der Waals surface area contributed by atoms with Gasteiger partial charge in [-0.05, 0) is 44.2 Å². The molecule has 1 aromatic heterocycles. The second-order valence-electron chi connectivity index (χ2n) is 8.21. The normalized spacial score (nSPS) is 14.1. The van der Waals surface area contributed by atoms with Crippen molar-refractivity contribution in [3.63, 3.8) is 0 Å². The largest absolute Gasteiger partial charge is 0.495 e. The molecule has 2 N–H and O–H groups in total. The first-order chi connectivity index (χ1) is 16.8. The molecule has 1 aliphatic rings. The molecular weight excluding hydrogens is 490 g/mol. The number of nitrogens with one attached hydrogen (secondary N) is 2. The minimum Gasteiger partial charge on any atom is -0.495 e. The zero-order valence-electron chi connectivity index (χ0n) is 19.8. The average Bonchev–Trinajstić information content (AvgIpc) is 2.86. The molecule has 186 valence electrons. The Balaban J connectivity index is 1.63. The van der Waals surface area contributed by atoms with Crippen molar-refractivity contribution in [3.8, 4) is 5.75 Å². The summed E-state index contributed by atoms with van der Waals surface area (Å²) in [5.74, 6) is 1.18. The van der Waals surface area contributed by atoms with Gasteiger partial charge in [-0.3, -0.25) is 0 Å². The second kappa shape index (κ2) is 10.7. The number of hydrogen-bond acceptors (Lipinski definition) is 9. The van der Waals surface area contributed by atoms with Crippen LogP contribution in [0.15, 0.2) is 53.6 Å². The molecule has 0 unspecified atom stereocenters. The van der Waals surface area contributed by atoms with E-state index in [1.54, 1.807) is 45.2 Å². The maximum atomic E-state index is 12.8. The number of methoxy groups -OCH3 is 1. The number of benzene rings is 2. The lowest BCUT2D eigenvalue weighted by Gasteiger charge is -2.29. The molecular formula is C24H28ClN5O4S. The SMILES string of the molecule is COc1ccc(N2CCOCC2)cc1Nc1ncc(Cl)c(Nc2ccccc2S(=O)(=O)C(C)C)n1. The highest BCUT2D eigenvalue weighted by molar-refractivity contribution is 7.92. The quantitative estimate of drug-likeness (QED) is 0.441. The number of morpholine rings is 1. The molecule has 35 heavy (non-hydrogen) atoms. The fraction of sp³-hybridized carbons (Fsp3) is 0.333. The lowest BCUT2D eigenvalue weighted by Crippen LogP contribution is -2.36. The fourth-order valence-electron chi connectivity index (χ4n) is 3.65. The van der Waals surface area contributed by atoms with Crippen LogP contribution in [0.4, 0.5) is 28.8 Å². The molecule has 0 saturated carbocycles. The summed E-state index contributed by atoms with van der Waals surface area (Å²) in [4.78, 5) is 11.2. The number of aromatic nitrogens is 2. The van der Waals surface area contributed by atoms with E-state index < -0.39 is 15.1 Å². The predicted octanol–water partition coefficient (Wildman–Crippen LogP) is 4.64. The number of halogens is 1. The van der Waals surface area contributed by atoms with Crippen LogP contribution in [0.25, 0.3) is 0 Å². The summed E-state index contributed by atoms with van der Waals surface area (Å²) in [6, 6.07) is 12.5. The summed E-state index contributed by atoms with van der Waals surface area (Å²) >= 11 is 6.36. The molecule has 1 saturated heterocycles. The highest BCUT2D eigenvalue weighted by atomic mass is 35.5. The van der Waals surface area contributed by atoms with E-state index >= 15 is 0 Å². The molecule has 0 bridgehead atoms. The van der Waals surface area contributed by atoms with Crippen LogP contribution in [0.5, 0.6) is 5.75 Å². The van der Waals surface area contributed by atoms with E-state index in [9.17, 15) is 8.42 Å². The van der Waals surface area contributed by atoms with Gasteiger partial charge < -0.3 is 25.0 Å². The van der Waals surface area contributed by atoms with Gasteiger partial charge in [-0.2, -0.15) is 4.98 Å². The molecule has 0 aliphatic carbocycles. The van der Waals surface area contributed by atoms with Crippen LogP contribution in [-0.2, 0) is 14.6 Å². The number of nitrogens with zero attached hydrogens (tertiary/aromatic N) is 3. The van der Waals surface area contributed by atoms with E-state index in [2.05, 4.69) is 25.5 Å². The van der Waals surface area contributed by atoms with Crippen molar-refractivity contribution in [1.29, 1.82) is 0 Å². The number of para-hydroxylation sites is 1. The van der Waals surface area contributed by atoms with Crippen LogP contribution in [0.1, 0.15) is 13.8 Å². The van der Waals surface area contributed by atoms with E-state index in [4.69, 9.17) is 21.1 Å². The van der Waals surface area contributed by atoms with Gasteiger partial charge in [0.25, 0.3) is 0 Å². The van der Waals surface area contributed by atoms with Crippen molar-refractivity contribution in [1.82, 2.24) is 9.97 Å².